The lowest BCUT2D eigenvalue weighted by Gasteiger charge is -2.25. The number of carbonyl (C=O) groups is 1. The molecule has 0 radical (unpaired) electrons. The number of carboxylic acids is 1. The minimum Gasteiger partial charge on any atom is -0.480 e. The standard InChI is InChI=1S/C12H21N3O2S/c1-4-13-12(2,11(16)17)6-5-7-18-10-8-14-15(3)9-10/h8-9,13H,4-7H2,1-3H3,(H,16,17). The number of nitrogens with one attached hydrogen (secondary N) is 1. The fraction of sp³-hybridized carbons (Fsp3) is 0.667. The molecular formula is C12H21N3O2S. The summed E-state index contributed by atoms with van der Waals surface area (Å²) in [5.74, 6) is 0.121. The molecule has 6 heteroatoms. The maximum Gasteiger partial charge on any atom is 0.323 e. The van der Waals surface area contributed by atoms with Crippen LogP contribution in [0.25, 0.3) is 0 Å². The van der Waals surface area contributed by atoms with Crippen molar-refractivity contribution in [3.8, 4) is 0 Å². The highest BCUT2D eigenvalue weighted by Crippen LogP contribution is 2.21. The van der Waals surface area contributed by atoms with Crippen LogP contribution in [0.1, 0.15) is 26.7 Å². The van der Waals surface area contributed by atoms with Gasteiger partial charge in [0.15, 0.2) is 0 Å². The Morgan fingerprint density at radius 2 is 2.39 bits per heavy atom. The van der Waals surface area contributed by atoms with Crippen molar-refractivity contribution >= 4 is 17.7 Å². The smallest absolute Gasteiger partial charge is 0.323 e. The molecule has 2 N–H and O–H groups in total. The van der Waals surface area contributed by atoms with E-state index in [0.717, 1.165) is 17.1 Å². The van der Waals surface area contributed by atoms with Gasteiger partial charge in [0.1, 0.15) is 5.54 Å². The SMILES string of the molecule is CCNC(C)(CCCSc1cnn(C)c1)C(=O)O. The summed E-state index contributed by atoms with van der Waals surface area (Å²) in [6.45, 7) is 4.33. The third kappa shape index (κ3) is 4.34. The molecule has 18 heavy (non-hydrogen) atoms. The number of aryl methyl sites for hydroxylation is 1. The number of hydrogen-bond acceptors (Lipinski definition) is 4. The number of aliphatic carboxylic acids is 1. The number of nitrogens with zero attached hydrogens (tertiary/aromatic N) is 2. The van der Waals surface area contributed by atoms with E-state index in [9.17, 15) is 9.90 Å². The van der Waals surface area contributed by atoms with E-state index in [1.165, 1.54) is 0 Å². The van der Waals surface area contributed by atoms with E-state index in [2.05, 4.69) is 10.4 Å². The zero-order valence-electron chi connectivity index (χ0n) is 11.1. The van der Waals surface area contributed by atoms with E-state index < -0.39 is 11.5 Å². The molecule has 0 aliphatic rings. The van der Waals surface area contributed by atoms with Gasteiger partial charge >= 0.3 is 5.97 Å². The number of carboxylic acid groups (broad SMARTS) is 1. The molecule has 0 aromatic carbocycles. The molecule has 0 aliphatic carbocycles. The van der Waals surface area contributed by atoms with Crippen LogP contribution in [0.5, 0.6) is 0 Å². The van der Waals surface area contributed by atoms with E-state index in [0.29, 0.717) is 13.0 Å². The fourth-order valence-electron chi connectivity index (χ4n) is 1.75. The minimum absolute atomic E-state index is 0.628. The van der Waals surface area contributed by atoms with Gasteiger partial charge in [-0.2, -0.15) is 5.10 Å². The number of thioether (sulfide) groups is 1. The topological polar surface area (TPSA) is 67.2 Å². The molecule has 0 amide bonds. The third-order valence-corrected chi connectivity index (χ3v) is 3.85. The Hall–Kier alpha value is -1.01. The number of aromatic nitrogens is 2. The van der Waals surface area contributed by atoms with Gasteiger partial charge in [0.25, 0.3) is 0 Å². The average Bonchev–Trinajstić information content (AvgIpc) is 2.71. The lowest BCUT2D eigenvalue weighted by Crippen LogP contribution is -2.49. The zero-order chi connectivity index (χ0) is 13.6. The van der Waals surface area contributed by atoms with Crippen LogP contribution < -0.4 is 5.32 Å². The maximum atomic E-state index is 11.2. The Bertz CT molecular complexity index is 394. The Kier molecular flexibility index (Phi) is 5.68. The van der Waals surface area contributed by atoms with Crippen molar-refractivity contribution in [1.29, 1.82) is 0 Å². The monoisotopic (exact) mass is 271 g/mol. The van der Waals surface area contributed by atoms with Gasteiger partial charge in [-0.15, -0.1) is 11.8 Å². The first-order chi connectivity index (χ1) is 8.48. The van der Waals surface area contributed by atoms with Crippen LogP contribution in [0.3, 0.4) is 0 Å². The molecule has 1 rings (SSSR count). The molecule has 0 spiro atoms. The van der Waals surface area contributed by atoms with Gasteiger partial charge in [0.05, 0.1) is 6.20 Å². The molecular weight excluding hydrogens is 250 g/mol. The van der Waals surface area contributed by atoms with Crippen LogP contribution in [-0.4, -0.2) is 38.7 Å². The summed E-state index contributed by atoms with van der Waals surface area (Å²) in [7, 11) is 1.89. The summed E-state index contributed by atoms with van der Waals surface area (Å²) in [6.07, 6.45) is 5.27. The molecule has 1 aromatic rings. The zero-order valence-corrected chi connectivity index (χ0v) is 12.0. The molecule has 1 heterocycles. The van der Waals surface area contributed by atoms with Gasteiger partial charge in [0.2, 0.25) is 0 Å². The van der Waals surface area contributed by atoms with E-state index in [4.69, 9.17) is 0 Å². The van der Waals surface area contributed by atoms with Crippen LogP contribution >= 0.6 is 11.8 Å². The minimum atomic E-state index is -0.815. The van der Waals surface area contributed by atoms with Crippen LogP contribution in [0.15, 0.2) is 17.3 Å². The summed E-state index contributed by atoms with van der Waals surface area (Å²) in [5.41, 5.74) is -0.815. The summed E-state index contributed by atoms with van der Waals surface area (Å²) >= 11 is 1.71. The van der Waals surface area contributed by atoms with Gasteiger partial charge in [-0.3, -0.25) is 9.48 Å². The molecule has 0 aliphatic heterocycles. The Balaban J connectivity index is 2.33. The van der Waals surface area contributed by atoms with Crippen molar-refractivity contribution in [3.63, 3.8) is 0 Å². The number of rotatable bonds is 8. The van der Waals surface area contributed by atoms with E-state index in [-0.39, 0.29) is 0 Å². The highest BCUT2D eigenvalue weighted by molar-refractivity contribution is 7.99. The second-order valence-corrected chi connectivity index (χ2v) is 5.64. The van der Waals surface area contributed by atoms with E-state index >= 15 is 0 Å². The summed E-state index contributed by atoms with van der Waals surface area (Å²) in [4.78, 5) is 12.3. The van der Waals surface area contributed by atoms with Gasteiger partial charge in [-0.1, -0.05) is 6.92 Å². The van der Waals surface area contributed by atoms with Crippen LogP contribution in [0.2, 0.25) is 0 Å². The summed E-state index contributed by atoms with van der Waals surface area (Å²) < 4.78 is 1.77. The second kappa shape index (κ2) is 6.80. The summed E-state index contributed by atoms with van der Waals surface area (Å²) in [6, 6.07) is 0. The van der Waals surface area contributed by atoms with Crippen molar-refractivity contribution in [2.45, 2.75) is 37.1 Å². The quantitative estimate of drug-likeness (QED) is 0.557. The lowest BCUT2D eigenvalue weighted by atomic mass is 9.96. The van der Waals surface area contributed by atoms with Crippen LogP contribution in [-0.2, 0) is 11.8 Å². The maximum absolute atomic E-state index is 11.2. The van der Waals surface area contributed by atoms with Crippen molar-refractivity contribution in [2.24, 2.45) is 7.05 Å². The fourth-order valence-corrected chi connectivity index (χ4v) is 2.62. The molecule has 1 unspecified atom stereocenters. The van der Waals surface area contributed by atoms with Crippen molar-refractivity contribution < 1.29 is 9.90 Å². The van der Waals surface area contributed by atoms with Crippen molar-refractivity contribution in [1.82, 2.24) is 15.1 Å². The van der Waals surface area contributed by atoms with E-state index in [1.807, 2.05) is 26.4 Å². The van der Waals surface area contributed by atoms with Gasteiger partial charge in [-0.05, 0) is 32.1 Å². The number of likely N-dealkylation sites (N-methyl/N-ethyl adjacent to an activating group) is 1. The molecule has 0 bridgehead atoms. The first kappa shape index (κ1) is 15.0. The molecule has 0 saturated carbocycles. The van der Waals surface area contributed by atoms with Crippen molar-refractivity contribution in [2.75, 3.05) is 12.3 Å². The molecule has 0 fully saturated rings. The largest absolute Gasteiger partial charge is 0.480 e. The first-order valence-corrected chi connectivity index (χ1v) is 7.06. The normalized spacial score (nSPS) is 14.4. The average molecular weight is 271 g/mol. The molecule has 102 valence electrons. The molecule has 1 atom stereocenters. The molecule has 0 saturated heterocycles. The number of hydrogen-bond donors (Lipinski definition) is 2. The first-order valence-electron chi connectivity index (χ1n) is 6.08. The second-order valence-electron chi connectivity index (χ2n) is 4.47. The molecule has 1 aromatic heterocycles. The van der Waals surface area contributed by atoms with Crippen LogP contribution in [0, 0.1) is 0 Å². The Morgan fingerprint density at radius 3 is 2.89 bits per heavy atom. The summed E-state index contributed by atoms with van der Waals surface area (Å²) in [5, 5.41) is 16.3. The Labute approximate surface area is 112 Å². The van der Waals surface area contributed by atoms with E-state index in [1.54, 1.807) is 23.4 Å². The highest BCUT2D eigenvalue weighted by atomic mass is 32.2. The third-order valence-electron chi connectivity index (χ3n) is 2.81. The predicted molar refractivity (Wildman–Crippen MR) is 72.9 cm³/mol. The predicted octanol–water partition coefficient (Wildman–Crippen LogP) is 1.75. The van der Waals surface area contributed by atoms with Crippen molar-refractivity contribution in [3.05, 3.63) is 12.4 Å². The lowest BCUT2D eigenvalue weighted by molar-refractivity contribution is -0.144. The van der Waals surface area contributed by atoms with Gasteiger partial charge < -0.3 is 10.4 Å². The van der Waals surface area contributed by atoms with Gasteiger partial charge in [0, 0.05) is 18.1 Å². The molecule has 5 nitrogen and oxygen atoms in total. The highest BCUT2D eigenvalue weighted by Gasteiger charge is 2.30. The van der Waals surface area contributed by atoms with Gasteiger partial charge in [-0.25, -0.2) is 0 Å². The Morgan fingerprint density at radius 1 is 1.67 bits per heavy atom. The van der Waals surface area contributed by atoms with Crippen LogP contribution in [0.4, 0.5) is 0 Å².